The van der Waals surface area contributed by atoms with Gasteiger partial charge >= 0.3 is 0 Å². The van der Waals surface area contributed by atoms with Gasteiger partial charge in [0, 0.05) is 36.0 Å². The van der Waals surface area contributed by atoms with Crippen molar-refractivity contribution in [1.82, 2.24) is 9.55 Å². The molecule has 10 heteroatoms. The molecule has 2 heterocycles. The van der Waals surface area contributed by atoms with Gasteiger partial charge in [0.05, 0.1) is 22.0 Å². The van der Waals surface area contributed by atoms with Gasteiger partial charge in [-0.3, -0.25) is 14.1 Å². The monoisotopic (exact) mass is 508 g/mol. The molecule has 0 bridgehead atoms. The molecule has 2 aliphatic rings. The minimum absolute atomic E-state index is 0.0791. The van der Waals surface area contributed by atoms with Gasteiger partial charge < -0.3 is 4.90 Å². The van der Waals surface area contributed by atoms with Crippen molar-refractivity contribution >= 4 is 38.3 Å². The first-order chi connectivity index (χ1) is 17.3. The van der Waals surface area contributed by atoms with Gasteiger partial charge in [-0.05, 0) is 73.4 Å². The molecule has 0 spiro atoms. The Morgan fingerprint density at radius 2 is 1.81 bits per heavy atom. The maximum atomic E-state index is 14.7. The van der Waals surface area contributed by atoms with Crippen LogP contribution >= 0.6 is 0 Å². The minimum atomic E-state index is -3.57. The van der Waals surface area contributed by atoms with E-state index in [1.807, 2.05) is 18.2 Å². The zero-order valence-corrected chi connectivity index (χ0v) is 19.9. The van der Waals surface area contributed by atoms with Gasteiger partial charge in [0.15, 0.2) is 0 Å². The van der Waals surface area contributed by atoms with E-state index in [2.05, 4.69) is 9.71 Å². The van der Waals surface area contributed by atoms with E-state index in [0.717, 1.165) is 29.8 Å². The highest BCUT2D eigenvalue weighted by Gasteiger charge is 2.36. The van der Waals surface area contributed by atoms with E-state index in [1.165, 1.54) is 12.1 Å². The molecule has 1 aromatic heterocycles. The van der Waals surface area contributed by atoms with Gasteiger partial charge in [-0.1, -0.05) is 0 Å². The fraction of sp³-hybridized carbons (Fsp3) is 0.231. The number of amides is 1. The molecule has 0 atom stereocenters. The van der Waals surface area contributed by atoms with Crippen LogP contribution in [0.15, 0.2) is 60.9 Å². The van der Waals surface area contributed by atoms with Crippen LogP contribution in [0.1, 0.15) is 25.7 Å². The number of halogens is 2. The van der Waals surface area contributed by atoms with Crippen LogP contribution in [0.4, 0.5) is 20.2 Å². The number of hydrogen-bond donors (Lipinski definition) is 1. The number of hydrogen-bond acceptors (Lipinski definition) is 4. The SMILES string of the molecule is O=C1CCCN1c1ccc2c(c1)ncn2-c1cc(NS(=O)(=O)C2CC2)cc(-c2ccc(F)cc2F)c1. The van der Waals surface area contributed by atoms with Gasteiger partial charge in [0.25, 0.3) is 0 Å². The second-order valence-corrected chi connectivity index (χ2v) is 11.1. The number of nitrogens with one attached hydrogen (secondary N) is 1. The fourth-order valence-corrected chi connectivity index (χ4v) is 5.98. The predicted octanol–water partition coefficient (Wildman–Crippen LogP) is 5.00. The summed E-state index contributed by atoms with van der Waals surface area (Å²) in [5, 5.41) is -0.437. The number of carbonyl (C=O) groups excluding carboxylic acids is 1. The van der Waals surface area contributed by atoms with E-state index in [9.17, 15) is 22.0 Å². The Bertz CT molecular complexity index is 1630. The number of imidazole rings is 1. The molecule has 184 valence electrons. The van der Waals surface area contributed by atoms with Crippen molar-refractivity contribution in [3.63, 3.8) is 0 Å². The van der Waals surface area contributed by atoms with Crippen molar-refractivity contribution in [2.75, 3.05) is 16.2 Å². The molecule has 1 aliphatic heterocycles. The number of rotatable bonds is 6. The molecular weight excluding hydrogens is 486 g/mol. The van der Waals surface area contributed by atoms with Crippen molar-refractivity contribution < 1.29 is 22.0 Å². The molecule has 7 nitrogen and oxygen atoms in total. The number of nitrogens with zero attached hydrogens (tertiary/aromatic N) is 3. The van der Waals surface area contributed by atoms with Crippen LogP contribution in [0, 0.1) is 11.6 Å². The zero-order chi connectivity index (χ0) is 25.0. The van der Waals surface area contributed by atoms with Gasteiger partial charge in [0.2, 0.25) is 15.9 Å². The molecule has 0 radical (unpaired) electrons. The smallest absolute Gasteiger partial charge is 0.235 e. The molecule has 1 amide bonds. The van der Waals surface area contributed by atoms with E-state index in [0.29, 0.717) is 42.6 Å². The Kier molecular flexibility index (Phi) is 5.29. The summed E-state index contributed by atoms with van der Waals surface area (Å²) >= 11 is 0. The molecule has 1 saturated carbocycles. The zero-order valence-electron chi connectivity index (χ0n) is 19.1. The average molecular weight is 509 g/mol. The molecular formula is C26H22F2N4O3S. The lowest BCUT2D eigenvalue weighted by Crippen LogP contribution is -2.23. The van der Waals surface area contributed by atoms with Gasteiger partial charge in [-0.15, -0.1) is 0 Å². The van der Waals surface area contributed by atoms with E-state index in [-0.39, 0.29) is 17.2 Å². The fourth-order valence-electron chi connectivity index (χ4n) is 4.61. The lowest BCUT2D eigenvalue weighted by molar-refractivity contribution is -0.117. The summed E-state index contributed by atoms with van der Waals surface area (Å²) in [6.45, 7) is 0.667. The van der Waals surface area contributed by atoms with Crippen LogP contribution in [0.25, 0.3) is 27.8 Å². The molecule has 0 unspecified atom stereocenters. The molecule has 1 saturated heterocycles. The average Bonchev–Trinajstić information content (AvgIpc) is 3.49. The Morgan fingerprint density at radius 3 is 2.53 bits per heavy atom. The maximum Gasteiger partial charge on any atom is 0.235 e. The third-order valence-corrected chi connectivity index (χ3v) is 8.45. The van der Waals surface area contributed by atoms with Crippen LogP contribution in [0.5, 0.6) is 0 Å². The summed E-state index contributed by atoms with van der Waals surface area (Å²) in [7, 11) is -3.57. The Morgan fingerprint density at radius 1 is 0.972 bits per heavy atom. The number of fused-ring (bicyclic) bond motifs is 1. The van der Waals surface area contributed by atoms with E-state index in [4.69, 9.17) is 0 Å². The maximum absolute atomic E-state index is 14.7. The molecule has 2 fully saturated rings. The number of aromatic nitrogens is 2. The lowest BCUT2D eigenvalue weighted by atomic mass is 10.0. The standard InChI is InChI=1S/C26H22F2N4O3S/c27-17-3-7-22(23(28)12-17)16-10-18(30-36(34,35)21-5-6-21)13-20(11-16)32-15-29-24-14-19(4-8-25(24)32)31-9-1-2-26(31)33/h3-4,7-8,10-15,21,30H,1-2,5-6,9H2. The van der Waals surface area contributed by atoms with Crippen LogP contribution < -0.4 is 9.62 Å². The first-order valence-electron chi connectivity index (χ1n) is 11.7. The topological polar surface area (TPSA) is 84.3 Å². The van der Waals surface area contributed by atoms with Gasteiger partial charge in [-0.25, -0.2) is 22.2 Å². The molecule has 6 rings (SSSR count). The summed E-state index contributed by atoms with van der Waals surface area (Å²) in [5.74, 6) is -1.37. The first kappa shape index (κ1) is 22.7. The number of anilines is 2. The van der Waals surface area contributed by atoms with Gasteiger partial charge in [0.1, 0.15) is 18.0 Å². The Labute approximate surface area is 206 Å². The van der Waals surface area contributed by atoms with Crippen molar-refractivity contribution in [2.45, 2.75) is 30.9 Å². The van der Waals surface area contributed by atoms with Crippen LogP contribution in [-0.2, 0) is 14.8 Å². The lowest BCUT2D eigenvalue weighted by Gasteiger charge is -2.16. The number of benzene rings is 3. The first-order valence-corrected chi connectivity index (χ1v) is 13.2. The van der Waals surface area contributed by atoms with Crippen LogP contribution in [0.3, 0.4) is 0 Å². The normalized spacial score (nSPS) is 16.2. The Hall–Kier alpha value is -3.79. The predicted molar refractivity (Wildman–Crippen MR) is 134 cm³/mol. The second kappa shape index (κ2) is 8.41. The molecule has 36 heavy (non-hydrogen) atoms. The van der Waals surface area contributed by atoms with Gasteiger partial charge in [-0.2, -0.15) is 0 Å². The van der Waals surface area contributed by atoms with E-state index < -0.39 is 26.9 Å². The van der Waals surface area contributed by atoms with Crippen molar-refractivity contribution in [3.05, 3.63) is 72.6 Å². The highest BCUT2D eigenvalue weighted by Crippen LogP contribution is 2.34. The third-order valence-electron chi connectivity index (χ3n) is 6.58. The quantitative estimate of drug-likeness (QED) is 0.397. The summed E-state index contributed by atoms with van der Waals surface area (Å²) in [5.41, 5.74) is 3.53. The van der Waals surface area contributed by atoms with Crippen LogP contribution in [0.2, 0.25) is 0 Å². The summed E-state index contributed by atoms with van der Waals surface area (Å²) in [6.07, 6.45) is 4.14. The molecule has 1 N–H and O–H groups in total. The number of sulfonamides is 1. The van der Waals surface area contributed by atoms with E-state index >= 15 is 0 Å². The summed E-state index contributed by atoms with van der Waals surface area (Å²) in [4.78, 5) is 18.4. The second-order valence-electron chi connectivity index (χ2n) is 9.18. The van der Waals surface area contributed by atoms with E-state index in [1.54, 1.807) is 27.9 Å². The van der Waals surface area contributed by atoms with Crippen LogP contribution in [-0.4, -0.2) is 35.7 Å². The van der Waals surface area contributed by atoms with Crippen molar-refractivity contribution in [1.29, 1.82) is 0 Å². The number of carbonyl (C=O) groups is 1. The van der Waals surface area contributed by atoms with Crippen molar-refractivity contribution in [2.24, 2.45) is 0 Å². The largest absolute Gasteiger partial charge is 0.312 e. The summed E-state index contributed by atoms with van der Waals surface area (Å²) < 4.78 is 57.9. The van der Waals surface area contributed by atoms with Crippen molar-refractivity contribution in [3.8, 4) is 16.8 Å². The Balaban J connectivity index is 1.46. The molecule has 1 aliphatic carbocycles. The minimum Gasteiger partial charge on any atom is -0.312 e. The highest BCUT2D eigenvalue weighted by atomic mass is 32.2. The highest BCUT2D eigenvalue weighted by molar-refractivity contribution is 7.93. The summed E-state index contributed by atoms with van der Waals surface area (Å²) in [6, 6.07) is 13.7. The molecule has 3 aromatic carbocycles. The third kappa shape index (κ3) is 4.11. The molecule has 4 aromatic rings.